The van der Waals surface area contributed by atoms with Gasteiger partial charge in [-0.05, 0) is 32.0 Å². The van der Waals surface area contributed by atoms with E-state index in [1.165, 1.54) is 6.07 Å². The maximum absolute atomic E-state index is 13.9. The van der Waals surface area contributed by atoms with Crippen LogP contribution in [0.4, 0.5) is 10.1 Å². The lowest BCUT2D eigenvalue weighted by Gasteiger charge is -2.31. The van der Waals surface area contributed by atoms with E-state index in [1.807, 2.05) is 18.0 Å². The molecular weight excluding hydrogens is 243 g/mol. The quantitative estimate of drug-likeness (QED) is 0.858. The van der Waals surface area contributed by atoms with E-state index >= 15 is 0 Å². The Kier molecular flexibility index (Phi) is 4.42. The van der Waals surface area contributed by atoms with Gasteiger partial charge in [-0.1, -0.05) is 18.9 Å². The minimum atomic E-state index is -0.613. The van der Waals surface area contributed by atoms with E-state index < -0.39 is 5.60 Å². The second-order valence-electron chi connectivity index (χ2n) is 5.56. The number of benzene rings is 1. The highest BCUT2D eigenvalue weighted by atomic mass is 19.1. The van der Waals surface area contributed by atoms with E-state index in [9.17, 15) is 9.50 Å². The Morgan fingerprint density at radius 2 is 2.05 bits per heavy atom. The molecule has 0 saturated heterocycles. The van der Waals surface area contributed by atoms with Crippen LogP contribution in [0.2, 0.25) is 0 Å². The molecule has 0 amide bonds. The number of halogens is 1. The second kappa shape index (κ2) is 5.88. The second-order valence-corrected chi connectivity index (χ2v) is 5.56. The Morgan fingerprint density at radius 3 is 2.68 bits per heavy atom. The average molecular weight is 266 g/mol. The number of nitrogens with zero attached hydrogens (tertiary/aromatic N) is 1. The minimum Gasteiger partial charge on any atom is -0.388 e. The van der Waals surface area contributed by atoms with Crippen molar-refractivity contribution >= 4 is 5.69 Å². The van der Waals surface area contributed by atoms with E-state index in [2.05, 4.69) is 5.32 Å². The zero-order valence-corrected chi connectivity index (χ0v) is 11.7. The van der Waals surface area contributed by atoms with Gasteiger partial charge < -0.3 is 15.3 Å². The summed E-state index contributed by atoms with van der Waals surface area (Å²) in [7, 11) is 3.73. The maximum atomic E-state index is 13.9. The van der Waals surface area contributed by atoms with Crippen molar-refractivity contribution < 1.29 is 9.50 Å². The molecule has 0 atom stereocenters. The highest BCUT2D eigenvalue weighted by Gasteiger charge is 2.32. The first-order valence-corrected chi connectivity index (χ1v) is 6.91. The molecule has 2 rings (SSSR count). The molecule has 2 N–H and O–H groups in total. The van der Waals surface area contributed by atoms with Gasteiger partial charge in [0.05, 0.1) is 5.60 Å². The Labute approximate surface area is 114 Å². The standard InChI is InChI=1S/C15H23FN2O/c1-17-10-12-13(16)6-5-7-14(12)18(2)11-15(19)8-3-4-9-15/h5-7,17,19H,3-4,8-11H2,1-2H3. The minimum absolute atomic E-state index is 0.197. The van der Waals surface area contributed by atoms with Crippen LogP contribution < -0.4 is 10.2 Å². The molecular formula is C15H23FN2O. The third-order valence-electron chi connectivity index (χ3n) is 3.92. The van der Waals surface area contributed by atoms with Gasteiger partial charge in [0.15, 0.2) is 0 Å². The molecule has 0 spiro atoms. The van der Waals surface area contributed by atoms with Gasteiger partial charge in [0.25, 0.3) is 0 Å². The number of nitrogens with one attached hydrogen (secondary N) is 1. The molecule has 0 radical (unpaired) electrons. The molecule has 1 fully saturated rings. The summed E-state index contributed by atoms with van der Waals surface area (Å²) < 4.78 is 13.9. The first-order chi connectivity index (χ1) is 9.06. The van der Waals surface area contributed by atoms with Crippen LogP contribution in [0.15, 0.2) is 18.2 Å². The number of likely N-dealkylation sites (N-methyl/N-ethyl adjacent to an activating group) is 1. The molecule has 106 valence electrons. The fourth-order valence-electron chi connectivity index (χ4n) is 2.97. The van der Waals surface area contributed by atoms with Crippen LogP contribution in [0, 0.1) is 5.82 Å². The number of aliphatic hydroxyl groups is 1. The average Bonchev–Trinajstić information content (AvgIpc) is 2.78. The number of hydrogen-bond acceptors (Lipinski definition) is 3. The van der Waals surface area contributed by atoms with Crippen LogP contribution in [-0.4, -0.2) is 31.3 Å². The van der Waals surface area contributed by atoms with E-state index in [1.54, 1.807) is 13.1 Å². The summed E-state index contributed by atoms with van der Waals surface area (Å²) in [6, 6.07) is 5.11. The van der Waals surface area contributed by atoms with Gasteiger partial charge >= 0.3 is 0 Å². The molecule has 0 heterocycles. The third kappa shape index (κ3) is 3.25. The van der Waals surface area contributed by atoms with Gasteiger partial charge in [0.2, 0.25) is 0 Å². The van der Waals surface area contributed by atoms with Crippen LogP contribution in [0.25, 0.3) is 0 Å². The number of hydrogen-bond donors (Lipinski definition) is 2. The molecule has 1 aliphatic rings. The van der Waals surface area contributed by atoms with Crippen molar-refractivity contribution in [2.24, 2.45) is 0 Å². The molecule has 1 saturated carbocycles. The van der Waals surface area contributed by atoms with E-state index in [4.69, 9.17) is 0 Å². The van der Waals surface area contributed by atoms with Crippen molar-refractivity contribution in [1.29, 1.82) is 0 Å². The Hall–Kier alpha value is -1.13. The van der Waals surface area contributed by atoms with Gasteiger partial charge in [-0.2, -0.15) is 0 Å². The normalized spacial score (nSPS) is 17.7. The zero-order chi connectivity index (χ0) is 13.9. The smallest absolute Gasteiger partial charge is 0.129 e. The highest BCUT2D eigenvalue weighted by molar-refractivity contribution is 5.54. The third-order valence-corrected chi connectivity index (χ3v) is 3.92. The van der Waals surface area contributed by atoms with Crippen molar-refractivity contribution in [1.82, 2.24) is 5.32 Å². The molecule has 0 aromatic heterocycles. The molecule has 0 aliphatic heterocycles. The Morgan fingerprint density at radius 1 is 1.37 bits per heavy atom. The summed E-state index contributed by atoms with van der Waals surface area (Å²) in [5.41, 5.74) is 0.904. The topological polar surface area (TPSA) is 35.5 Å². The van der Waals surface area contributed by atoms with Crippen molar-refractivity contribution in [3.8, 4) is 0 Å². The van der Waals surface area contributed by atoms with Gasteiger partial charge in [0.1, 0.15) is 5.82 Å². The summed E-state index contributed by atoms with van der Waals surface area (Å²) >= 11 is 0. The summed E-state index contributed by atoms with van der Waals surface area (Å²) in [5, 5.41) is 13.5. The highest BCUT2D eigenvalue weighted by Crippen LogP contribution is 2.32. The summed E-state index contributed by atoms with van der Waals surface area (Å²) in [5.74, 6) is -0.197. The van der Waals surface area contributed by atoms with Crippen LogP contribution in [0.1, 0.15) is 31.2 Å². The van der Waals surface area contributed by atoms with Crippen LogP contribution in [-0.2, 0) is 6.54 Å². The summed E-state index contributed by atoms with van der Waals surface area (Å²) in [4.78, 5) is 1.97. The Balaban J connectivity index is 2.18. The lowest BCUT2D eigenvalue weighted by atomic mass is 10.0. The number of anilines is 1. The first-order valence-electron chi connectivity index (χ1n) is 6.91. The van der Waals surface area contributed by atoms with Crippen molar-refractivity contribution in [3.05, 3.63) is 29.6 Å². The SMILES string of the molecule is CNCc1c(F)cccc1N(C)CC1(O)CCCC1. The molecule has 0 unspecified atom stereocenters. The molecule has 4 heteroatoms. The predicted molar refractivity (Wildman–Crippen MR) is 75.9 cm³/mol. The molecule has 0 bridgehead atoms. The van der Waals surface area contributed by atoms with Crippen LogP contribution in [0.5, 0.6) is 0 Å². The van der Waals surface area contributed by atoms with Gasteiger partial charge in [-0.3, -0.25) is 0 Å². The Bertz CT molecular complexity index is 430. The molecule has 1 aromatic carbocycles. The van der Waals surface area contributed by atoms with Crippen LogP contribution >= 0.6 is 0 Å². The lowest BCUT2D eigenvalue weighted by Crippen LogP contribution is -2.39. The van der Waals surface area contributed by atoms with Crippen molar-refractivity contribution in [2.75, 3.05) is 25.5 Å². The number of rotatable bonds is 5. The summed E-state index contributed by atoms with van der Waals surface area (Å²) in [6.45, 7) is 1.05. The zero-order valence-electron chi connectivity index (χ0n) is 11.7. The summed E-state index contributed by atoms with van der Waals surface area (Å²) in [6.07, 6.45) is 3.84. The molecule has 19 heavy (non-hydrogen) atoms. The lowest BCUT2D eigenvalue weighted by molar-refractivity contribution is 0.0559. The van der Waals surface area contributed by atoms with Crippen molar-refractivity contribution in [2.45, 2.75) is 37.8 Å². The molecule has 1 aromatic rings. The maximum Gasteiger partial charge on any atom is 0.129 e. The van der Waals surface area contributed by atoms with E-state index in [0.717, 1.165) is 31.4 Å². The fourth-order valence-corrected chi connectivity index (χ4v) is 2.97. The largest absolute Gasteiger partial charge is 0.388 e. The monoisotopic (exact) mass is 266 g/mol. The van der Waals surface area contributed by atoms with E-state index in [0.29, 0.717) is 18.7 Å². The molecule has 3 nitrogen and oxygen atoms in total. The first kappa shape index (κ1) is 14.3. The van der Waals surface area contributed by atoms with Gasteiger partial charge in [-0.25, -0.2) is 4.39 Å². The fraction of sp³-hybridized carbons (Fsp3) is 0.600. The molecule has 1 aliphatic carbocycles. The van der Waals surface area contributed by atoms with Gasteiger partial charge in [0, 0.05) is 31.4 Å². The van der Waals surface area contributed by atoms with Gasteiger partial charge in [-0.15, -0.1) is 0 Å². The van der Waals surface area contributed by atoms with E-state index in [-0.39, 0.29) is 5.82 Å². The predicted octanol–water partition coefficient (Wildman–Crippen LogP) is 2.29. The van der Waals surface area contributed by atoms with Crippen LogP contribution in [0.3, 0.4) is 0 Å². The van der Waals surface area contributed by atoms with Crippen molar-refractivity contribution in [3.63, 3.8) is 0 Å².